The van der Waals surface area contributed by atoms with Gasteiger partial charge in [-0.3, -0.25) is 4.79 Å². The summed E-state index contributed by atoms with van der Waals surface area (Å²) in [6.45, 7) is 1.02. The van der Waals surface area contributed by atoms with E-state index in [1.165, 1.54) is 37.4 Å². The van der Waals surface area contributed by atoms with Crippen molar-refractivity contribution >= 4 is 21.6 Å². The Morgan fingerprint density at radius 3 is 2.32 bits per heavy atom. The molecule has 2 rings (SSSR count). The van der Waals surface area contributed by atoms with Crippen LogP contribution in [-0.2, 0) is 21.0 Å². The summed E-state index contributed by atoms with van der Waals surface area (Å²) in [5, 5.41) is 2.30. The SMILES string of the molecule is CCN(CC(=O)Nc1cccc(C(F)(F)F)c1)S(=O)(=O)c1ccc(OC)cc1. The molecule has 0 heterocycles. The lowest BCUT2D eigenvalue weighted by Gasteiger charge is -2.20. The first-order chi connectivity index (χ1) is 13.1. The molecule has 0 aliphatic carbocycles. The van der Waals surface area contributed by atoms with E-state index in [1.54, 1.807) is 6.92 Å². The molecular weight excluding hydrogens is 397 g/mol. The highest BCUT2D eigenvalue weighted by molar-refractivity contribution is 7.89. The minimum absolute atomic E-state index is 0.00434. The number of amides is 1. The number of sulfonamides is 1. The molecule has 0 aliphatic heterocycles. The molecule has 0 unspecified atom stereocenters. The van der Waals surface area contributed by atoms with Crippen LogP contribution in [-0.4, -0.2) is 38.8 Å². The molecular formula is C18H19F3N2O4S. The zero-order valence-corrected chi connectivity index (χ0v) is 16.0. The van der Waals surface area contributed by atoms with Crippen LogP contribution >= 0.6 is 0 Å². The summed E-state index contributed by atoms with van der Waals surface area (Å²) < 4.78 is 69.6. The monoisotopic (exact) mass is 416 g/mol. The molecule has 0 aromatic heterocycles. The third-order valence-corrected chi connectivity index (χ3v) is 5.78. The van der Waals surface area contributed by atoms with E-state index in [0.29, 0.717) is 5.75 Å². The van der Waals surface area contributed by atoms with E-state index >= 15 is 0 Å². The van der Waals surface area contributed by atoms with E-state index in [2.05, 4.69) is 5.32 Å². The first kappa shape index (κ1) is 21.7. The lowest BCUT2D eigenvalue weighted by atomic mass is 10.2. The van der Waals surface area contributed by atoms with Crippen LogP contribution in [0, 0.1) is 0 Å². The molecule has 0 fully saturated rings. The minimum atomic E-state index is -4.55. The van der Waals surface area contributed by atoms with Crippen molar-refractivity contribution in [3.63, 3.8) is 0 Å². The fourth-order valence-electron chi connectivity index (χ4n) is 2.40. The van der Waals surface area contributed by atoms with Gasteiger partial charge in [-0.1, -0.05) is 13.0 Å². The summed E-state index contributed by atoms with van der Waals surface area (Å²) in [5.41, 5.74) is -0.985. The van der Waals surface area contributed by atoms with Gasteiger partial charge in [0.25, 0.3) is 0 Å². The van der Waals surface area contributed by atoms with Crippen LogP contribution in [0.4, 0.5) is 18.9 Å². The third-order valence-electron chi connectivity index (χ3n) is 3.84. The van der Waals surface area contributed by atoms with Crippen molar-refractivity contribution in [2.24, 2.45) is 0 Å². The molecule has 6 nitrogen and oxygen atoms in total. The Bertz CT molecular complexity index is 929. The highest BCUT2D eigenvalue weighted by atomic mass is 32.2. The quantitative estimate of drug-likeness (QED) is 0.751. The van der Waals surface area contributed by atoms with E-state index in [9.17, 15) is 26.4 Å². The van der Waals surface area contributed by atoms with Gasteiger partial charge in [-0.25, -0.2) is 8.42 Å². The molecule has 2 aromatic carbocycles. The van der Waals surface area contributed by atoms with Crippen molar-refractivity contribution < 1.29 is 31.1 Å². The van der Waals surface area contributed by atoms with E-state index in [0.717, 1.165) is 22.5 Å². The molecule has 1 N–H and O–H groups in total. The van der Waals surface area contributed by atoms with Crippen molar-refractivity contribution in [2.75, 3.05) is 25.5 Å². The van der Waals surface area contributed by atoms with Crippen LogP contribution in [0.5, 0.6) is 5.75 Å². The zero-order chi connectivity index (χ0) is 20.9. The number of nitrogens with zero attached hydrogens (tertiary/aromatic N) is 1. The Balaban J connectivity index is 2.14. The molecule has 152 valence electrons. The summed E-state index contributed by atoms with van der Waals surface area (Å²) in [6.07, 6.45) is -4.55. The third kappa shape index (κ3) is 5.23. The Labute approximate surface area is 161 Å². The van der Waals surface area contributed by atoms with E-state index in [4.69, 9.17) is 4.74 Å². The fourth-order valence-corrected chi connectivity index (χ4v) is 3.80. The highest BCUT2D eigenvalue weighted by Crippen LogP contribution is 2.30. The van der Waals surface area contributed by atoms with Crippen molar-refractivity contribution in [2.45, 2.75) is 18.0 Å². The number of alkyl halides is 3. The molecule has 1 amide bonds. The Kier molecular flexibility index (Phi) is 6.68. The predicted octanol–water partition coefficient (Wildman–Crippen LogP) is 3.36. The number of hydrogen-bond acceptors (Lipinski definition) is 4. The van der Waals surface area contributed by atoms with Crippen LogP contribution < -0.4 is 10.1 Å². The molecule has 0 saturated carbocycles. The minimum Gasteiger partial charge on any atom is -0.497 e. The second kappa shape index (κ2) is 8.61. The van der Waals surface area contributed by atoms with Gasteiger partial charge in [0.2, 0.25) is 15.9 Å². The number of likely N-dealkylation sites (N-methyl/N-ethyl adjacent to an activating group) is 1. The van der Waals surface area contributed by atoms with Gasteiger partial charge < -0.3 is 10.1 Å². The topological polar surface area (TPSA) is 75.7 Å². The highest BCUT2D eigenvalue weighted by Gasteiger charge is 2.31. The smallest absolute Gasteiger partial charge is 0.416 e. The summed E-state index contributed by atoms with van der Waals surface area (Å²) in [6, 6.07) is 9.76. The molecule has 0 spiro atoms. The number of methoxy groups -OCH3 is 1. The van der Waals surface area contributed by atoms with Crippen LogP contribution in [0.2, 0.25) is 0 Å². The van der Waals surface area contributed by atoms with Crippen molar-refractivity contribution in [3.8, 4) is 5.75 Å². The number of carbonyl (C=O) groups is 1. The summed E-state index contributed by atoms with van der Waals surface area (Å²) >= 11 is 0. The molecule has 28 heavy (non-hydrogen) atoms. The Morgan fingerprint density at radius 1 is 1.14 bits per heavy atom. The number of halogens is 3. The molecule has 0 bridgehead atoms. The number of benzene rings is 2. The summed E-state index contributed by atoms with van der Waals surface area (Å²) in [7, 11) is -2.51. The number of hydrogen-bond donors (Lipinski definition) is 1. The summed E-state index contributed by atoms with van der Waals surface area (Å²) in [4.78, 5) is 12.2. The number of carbonyl (C=O) groups excluding carboxylic acids is 1. The Hall–Kier alpha value is -2.59. The standard InChI is InChI=1S/C18H19F3N2O4S/c1-3-23(28(25,26)16-9-7-15(27-2)8-10-16)12-17(24)22-14-6-4-5-13(11-14)18(19,20)21/h4-11H,3,12H2,1-2H3,(H,22,24). The molecule has 0 radical (unpaired) electrons. The Morgan fingerprint density at radius 2 is 1.79 bits per heavy atom. The molecule has 2 aromatic rings. The predicted molar refractivity (Wildman–Crippen MR) is 97.5 cm³/mol. The second-order valence-electron chi connectivity index (χ2n) is 5.73. The normalized spacial score (nSPS) is 12.1. The molecule has 0 saturated heterocycles. The first-order valence-electron chi connectivity index (χ1n) is 8.19. The van der Waals surface area contributed by atoms with Gasteiger partial charge in [0.05, 0.1) is 24.1 Å². The van der Waals surface area contributed by atoms with Crippen molar-refractivity contribution in [1.82, 2.24) is 4.31 Å². The van der Waals surface area contributed by atoms with Gasteiger partial charge in [0, 0.05) is 12.2 Å². The fraction of sp³-hybridized carbons (Fsp3) is 0.278. The van der Waals surface area contributed by atoms with Crippen molar-refractivity contribution in [1.29, 1.82) is 0 Å². The van der Waals surface area contributed by atoms with Crippen LogP contribution in [0.25, 0.3) is 0 Å². The summed E-state index contributed by atoms with van der Waals surface area (Å²) in [5.74, 6) is -0.275. The van der Waals surface area contributed by atoms with E-state index in [1.807, 2.05) is 0 Å². The van der Waals surface area contributed by atoms with Crippen LogP contribution in [0.1, 0.15) is 12.5 Å². The maximum absolute atomic E-state index is 12.8. The number of nitrogens with one attached hydrogen (secondary N) is 1. The second-order valence-corrected chi connectivity index (χ2v) is 7.67. The van der Waals surface area contributed by atoms with Gasteiger partial charge in [-0.15, -0.1) is 0 Å². The lowest BCUT2D eigenvalue weighted by Crippen LogP contribution is -2.37. The number of anilines is 1. The van der Waals surface area contributed by atoms with Gasteiger partial charge >= 0.3 is 6.18 Å². The van der Waals surface area contributed by atoms with Gasteiger partial charge in [0.1, 0.15) is 5.75 Å². The zero-order valence-electron chi connectivity index (χ0n) is 15.2. The maximum atomic E-state index is 12.8. The molecule has 0 aliphatic rings. The average molecular weight is 416 g/mol. The molecule has 0 atom stereocenters. The van der Waals surface area contributed by atoms with Gasteiger partial charge in [-0.05, 0) is 42.5 Å². The maximum Gasteiger partial charge on any atom is 0.416 e. The van der Waals surface area contributed by atoms with E-state index < -0.39 is 34.2 Å². The largest absolute Gasteiger partial charge is 0.497 e. The average Bonchev–Trinajstić information content (AvgIpc) is 2.65. The van der Waals surface area contributed by atoms with E-state index in [-0.39, 0.29) is 17.1 Å². The lowest BCUT2D eigenvalue weighted by molar-refractivity contribution is -0.137. The van der Waals surface area contributed by atoms with Gasteiger partial charge in [-0.2, -0.15) is 17.5 Å². The van der Waals surface area contributed by atoms with Crippen molar-refractivity contribution in [3.05, 3.63) is 54.1 Å². The van der Waals surface area contributed by atoms with Gasteiger partial charge in [0.15, 0.2) is 0 Å². The van der Waals surface area contributed by atoms with Crippen LogP contribution in [0.3, 0.4) is 0 Å². The molecule has 10 heteroatoms. The number of rotatable bonds is 7. The number of ether oxygens (including phenoxy) is 1. The first-order valence-corrected chi connectivity index (χ1v) is 9.63. The van der Waals surface area contributed by atoms with Crippen LogP contribution in [0.15, 0.2) is 53.4 Å².